The first-order valence-electron chi connectivity index (χ1n) is 5.66. The highest BCUT2D eigenvalue weighted by Gasteiger charge is 2.14. The Morgan fingerprint density at radius 3 is 1.78 bits per heavy atom. The third kappa shape index (κ3) is 11.3. The van der Waals surface area contributed by atoms with Gasteiger partial charge in [0.25, 0.3) is 0 Å². The van der Waals surface area contributed by atoms with Crippen LogP contribution in [0, 0.1) is 0 Å². The van der Waals surface area contributed by atoms with Crippen LogP contribution in [0.2, 0.25) is 0 Å². The Kier molecular flexibility index (Phi) is 11.6. The SMILES string of the molecule is CC(N)C(N)C(=O)O.NCCCC[C@H](N)C(=O)O. The second kappa shape index (κ2) is 10.9. The van der Waals surface area contributed by atoms with Gasteiger partial charge in [-0.1, -0.05) is 6.42 Å². The van der Waals surface area contributed by atoms with E-state index in [1.54, 1.807) is 6.92 Å². The fourth-order valence-corrected chi connectivity index (χ4v) is 0.857. The van der Waals surface area contributed by atoms with E-state index in [0.717, 1.165) is 12.8 Å². The van der Waals surface area contributed by atoms with Gasteiger partial charge in [-0.2, -0.15) is 0 Å². The number of nitrogens with two attached hydrogens (primary N) is 4. The van der Waals surface area contributed by atoms with E-state index in [0.29, 0.717) is 13.0 Å². The average Bonchev–Trinajstić information content (AvgIpc) is 2.28. The monoisotopic (exact) mass is 264 g/mol. The maximum Gasteiger partial charge on any atom is 0.322 e. The molecule has 0 spiro atoms. The van der Waals surface area contributed by atoms with Crippen LogP contribution in [0.4, 0.5) is 0 Å². The summed E-state index contributed by atoms with van der Waals surface area (Å²) >= 11 is 0. The Bertz CT molecular complexity index is 248. The summed E-state index contributed by atoms with van der Waals surface area (Å²) in [6, 6.07) is -2.13. The molecule has 18 heavy (non-hydrogen) atoms. The molecule has 0 aliphatic carbocycles. The van der Waals surface area contributed by atoms with Gasteiger partial charge in [-0.25, -0.2) is 0 Å². The molecule has 0 amide bonds. The van der Waals surface area contributed by atoms with E-state index in [4.69, 9.17) is 33.1 Å². The Labute approximate surface area is 106 Å². The van der Waals surface area contributed by atoms with Crippen LogP contribution in [0.3, 0.4) is 0 Å². The molecule has 8 heteroatoms. The lowest BCUT2D eigenvalue weighted by atomic mass is 10.1. The molecule has 0 aromatic carbocycles. The zero-order valence-corrected chi connectivity index (χ0v) is 10.6. The highest BCUT2D eigenvalue weighted by molar-refractivity contribution is 5.74. The summed E-state index contributed by atoms with van der Waals surface area (Å²) in [6.45, 7) is 2.16. The van der Waals surface area contributed by atoms with Crippen LogP contribution in [0.15, 0.2) is 0 Å². The van der Waals surface area contributed by atoms with Crippen molar-refractivity contribution in [3.8, 4) is 0 Å². The molecule has 3 atom stereocenters. The van der Waals surface area contributed by atoms with Gasteiger partial charge in [-0.3, -0.25) is 9.59 Å². The van der Waals surface area contributed by atoms with Crippen molar-refractivity contribution in [2.75, 3.05) is 6.54 Å². The number of hydrogen-bond acceptors (Lipinski definition) is 6. The largest absolute Gasteiger partial charge is 0.480 e. The van der Waals surface area contributed by atoms with Gasteiger partial charge in [0.2, 0.25) is 0 Å². The van der Waals surface area contributed by atoms with Gasteiger partial charge >= 0.3 is 11.9 Å². The van der Waals surface area contributed by atoms with Crippen LogP contribution < -0.4 is 22.9 Å². The number of hydrogen-bond donors (Lipinski definition) is 6. The molecule has 2 unspecified atom stereocenters. The smallest absolute Gasteiger partial charge is 0.322 e. The molecule has 0 rings (SSSR count). The topological polar surface area (TPSA) is 179 Å². The molecule has 8 nitrogen and oxygen atoms in total. The average molecular weight is 264 g/mol. The van der Waals surface area contributed by atoms with E-state index in [-0.39, 0.29) is 0 Å². The van der Waals surface area contributed by atoms with Crippen LogP contribution in [-0.2, 0) is 9.59 Å². The molecule has 0 saturated carbocycles. The number of aliphatic carboxylic acids is 2. The second-order valence-corrected chi connectivity index (χ2v) is 3.95. The lowest BCUT2D eigenvalue weighted by Crippen LogP contribution is -2.44. The van der Waals surface area contributed by atoms with Crippen molar-refractivity contribution in [1.29, 1.82) is 0 Å². The van der Waals surface area contributed by atoms with Crippen LogP contribution in [0.25, 0.3) is 0 Å². The number of rotatable bonds is 7. The van der Waals surface area contributed by atoms with E-state index in [2.05, 4.69) is 0 Å². The second-order valence-electron chi connectivity index (χ2n) is 3.95. The predicted molar refractivity (Wildman–Crippen MR) is 67.8 cm³/mol. The molecule has 0 bridgehead atoms. The summed E-state index contributed by atoms with van der Waals surface area (Å²) in [6.07, 6.45) is 2.16. The van der Waals surface area contributed by atoms with E-state index < -0.39 is 30.1 Å². The summed E-state index contributed by atoms with van der Waals surface area (Å²) in [5.74, 6) is -1.99. The quantitative estimate of drug-likeness (QED) is 0.293. The Morgan fingerprint density at radius 2 is 1.56 bits per heavy atom. The highest BCUT2D eigenvalue weighted by atomic mass is 16.4. The normalized spacial score (nSPS) is 14.9. The molecule has 0 aromatic heterocycles. The minimum absolute atomic E-state index is 0.479. The van der Waals surface area contributed by atoms with Gasteiger partial charge in [0, 0.05) is 6.04 Å². The Balaban J connectivity index is 0. The first-order chi connectivity index (χ1) is 8.23. The molecule has 0 aromatic rings. The van der Waals surface area contributed by atoms with Crippen LogP contribution in [0.1, 0.15) is 26.2 Å². The summed E-state index contributed by atoms with van der Waals surface area (Å²) in [4.78, 5) is 20.1. The number of carbonyl (C=O) groups is 2. The number of carboxylic acid groups (broad SMARTS) is 2. The third-order valence-corrected chi connectivity index (χ3v) is 2.14. The van der Waals surface area contributed by atoms with Crippen molar-refractivity contribution >= 4 is 11.9 Å². The molecule has 0 radical (unpaired) electrons. The molecule has 10 N–H and O–H groups in total. The standard InChI is InChI=1S/C6H14N2O2.C4H10N2O2/c7-4-2-1-3-5(8)6(9)10;1-2(5)3(6)4(7)8/h5H,1-4,7-8H2,(H,9,10);2-3H,5-6H2,1H3,(H,7,8)/t5-;/m0./s1. The number of unbranched alkanes of at least 4 members (excludes halogenated alkanes) is 1. The fourth-order valence-electron chi connectivity index (χ4n) is 0.857. The molecule has 0 saturated heterocycles. The molecule has 0 aliphatic rings. The number of carboxylic acids is 2. The van der Waals surface area contributed by atoms with Crippen LogP contribution in [-0.4, -0.2) is 46.8 Å². The van der Waals surface area contributed by atoms with Crippen molar-refractivity contribution in [3.05, 3.63) is 0 Å². The Hall–Kier alpha value is -1.22. The van der Waals surface area contributed by atoms with E-state index in [1.807, 2.05) is 0 Å². The maximum absolute atomic E-state index is 10.1. The van der Waals surface area contributed by atoms with E-state index in [1.165, 1.54) is 0 Å². The Morgan fingerprint density at radius 1 is 1.06 bits per heavy atom. The van der Waals surface area contributed by atoms with Gasteiger partial charge in [0.05, 0.1) is 0 Å². The molecule has 0 aliphatic heterocycles. The summed E-state index contributed by atoms with van der Waals surface area (Å²) in [7, 11) is 0. The van der Waals surface area contributed by atoms with Gasteiger partial charge in [-0.15, -0.1) is 0 Å². The lowest BCUT2D eigenvalue weighted by molar-refractivity contribution is -0.139. The molecule has 108 valence electrons. The minimum Gasteiger partial charge on any atom is -0.480 e. The first kappa shape index (κ1) is 19.1. The van der Waals surface area contributed by atoms with Gasteiger partial charge in [-0.05, 0) is 26.3 Å². The third-order valence-electron chi connectivity index (χ3n) is 2.14. The molecular weight excluding hydrogens is 240 g/mol. The van der Waals surface area contributed by atoms with E-state index >= 15 is 0 Å². The van der Waals surface area contributed by atoms with Crippen molar-refractivity contribution < 1.29 is 19.8 Å². The molecular formula is C10H24N4O4. The summed E-state index contributed by atoms with van der Waals surface area (Å²) in [5.41, 5.74) is 20.6. The van der Waals surface area contributed by atoms with Crippen LogP contribution >= 0.6 is 0 Å². The maximum atomic E-state index is 10.1. The predicted octanol–water partition coefficient (Wildman–Crippen LogP) is -1.73. The van der Waals surface area contributed by atoms with Crippen molar-refractivity contribution in [3.63, 3.8) is 0 Å². The van der Waals surface area contributed by atoms with Crippen molar-refractivity contribution in [1.82, 2.24) is 0 Å². The molecule has 0 heterocycles. The van der Waals surface area contributed by atoms with Gasteiger partial charge in [0.1, 0.15) is 12.1 Å². The van der Waals surface area contributed by atoms with Crippen molar-refractivity contribution in [2.24, 2.45) is 22.9 Å². The van der Waals surface area contributed by atoms with Crippen LogP contribution in [0.5, 0.6) is 0 Å². The fraction of sp³-hybridized carbons (Fsp3) is 0.800. The molecule has 0 fully saturated rings. The first-order valence-corrected chi connectivity index (χ1v) is 5.66. The summed E-state index contributed by atoms with van der Waals surface area (Å²) in [5, 5.41) is 16.5. The summed E-state index contributed by atoms with van der Waals surface area (Å²) < 4.78 is 0. The van der Waals surface area contributed by atoms with Crippen molar-refractivity contribution in [2.45, 2.75) is 44.3 Å². The van der Waals surface area contributed by atoms with Gasteiger partial charge in [0.15, 0.2) is 0 Å². The highest BCUT2D eigenvalue weighted by Crippen LogP contribution is 1.96. The zero-order valence-electron chi connectivity index (χ0n) is 10.6. The lowest BCUT2D eigenvalue weighted by Gasteiger charge is -2.08. The van der Waals surface area contributed by atoms with Gasteiger partial charge < -0.3 is 33.1 Å². The van der Waals surface area contributed by atoms with E-state index in [9.17, 15) is 9.59 Å². The zero-order chi connectivity index (χ0) is 14.7. The minimum atomic E-state index is -1.06.